The summed E-state index contributed by atoms with van der Waals surface area (Å²) in [6.07, 6.45) is -17.2. The molecule has 1 saturated heterocycles. The first-order chi connectivity index (χ1) is 10.7. The number of carbonyl (C=O) groups is 1. The van der Waals surface area contributed by atoms with Gasteiger partial charge in [-0.25, -0.2) is 0 Å². The Morgan fingerprint density at radius 3 is 1.96 bits per heavy atom. The second kappa shape index (κ2) is 8.39. The molecule has 0 aromatic carbocycles. The zero-order chi connectivity index (χ0) is 17.9. The molecule has 23 heavy (non-hydrogen) atoms. The van der Waals surface area contributed by atoms with Crippen molar-refractivity contribution in [2.45, 2.75) is 54.9 Å². The minimum Gasteiger partial charge on any atom is -0.394 e. The van der Waals surface area contributed by atoms with Gasteiger partial charge in [-0.1, -0.05) is 0 Å². The molecule has 11 nitrogen and oxygen atoms in total. The summed E-state index contributed by atoms with van der Waals surface area (Å²) in [6.45, 7) is -1.74. The van der Waals surface area contributed by atoms with Gasteiger partial charge in [-0.15, -0.1) is 0 Å². The maximum absolute atomic E-state index is 12.1. The Morgan fingerprint density at radius 2 is 1.48 bits per heavy atom. The summed E-state index contributed by atoms with van der Waals surface area (Å²) in [5, 5.41) is 84.5. The second-order valence-electron chi connectivity index (χ2n) is 5.33. The summed E-state index contributed by atoms with van der Waals surface area (Å²) in [5.74, 6) is -1.35. The molecule has 0 aromatic heterocycles. The first-order valence-electron chi connectivity index (χ1n) is 6.84. The van der Waals surface area contributed by atoms with Crippen molar-refractivity contribution in [3.63, 3.8) is 0 Å². The average molecular weight is 342 g/mol. The van der Waals surface area contributed by atoms with Gasteiger partial charge >= 0.3 is 0 Å². The number of ether oxygens (including phenoxy) is 1. The first-order valence-corrected chi connectivity index (χ1v) is 6.84. The number of ketones is 1. The SMILES string of the molecule is O=C(C1O[C@H](CO)[C@@H](O)[C@H](O)[C@@H]1O)[C@@H](O)[C@@H](O)[C@H](O)[C@H](O)CO. The Morgan fingerprint density at radius 1 is 0.913 bits per heavy atom. The van der Waals surface area contributed by atoms with Gasteiger partial charge in [-0.2, -0.15) is 0 Å². The fraction of sp³-hybridized carbons (Fsp3) is 0.917. The summed E-state index contributed by atoms with van der Waals surface area (Å²) < 4.78 is 4.91. The molecular weight excluding hydrogens is 320 g/mol. The predicted molar refractivity (Wildman–Crippen MR) is 69.9 cm³/mol. The number of aliphatic hydroxyl groups excluding tert-OH is 9. The molecular formula is C12H22O11. The van der Waals surface area contributed by atoms with Crippen LogP contribution in [0.1, 0.15) is 0 Å². The number of hydrogen-bond donors (Lipinski definition) is 9. The van der Waals surface area contributed by atoms with Crippen molar-refractivity contribution < 1.29 is 55.5 Å². The Balaban J connectivity index is 2.85. The summed E-state index contributed by atoms with van der Waals surface area (Å²) in [5.41, 5.74) is 0. The van der Waals surface area contributed by atoms with Crippen LogP contribution in [0.4, 0.5) is 0 Å². The van der Waals surface area contributed by atoms with E-state index in [1.807, 2.05) is 0 Å². The molecule has 1 aliphatic heterocycles. The van der Waals surface area contributed by atoms with Crippen LogP contribution in [0.3, 0.4) is 0 Å². The third-order valence-corrected chi connectivity index (χ3v) is 3.72. The van der Waals surface area contributed by atoms with E-state index >= 15 is 0 Å². The van der Waals surface area contributed by atoms with Crippen LogP contribution in [0, 0.1) is 0 Å². The molecule has 0 radical (unpaired) electrons. The molecule has 0 aliphatic carbocycles. The third-order valence-electron chi connectivity index (χ3n) is 3.72. The average Bonchev–Trinajstić information content (AvgIpc) is 2.56. The van der Waals surface area contributed by atoms with Crippen LogP contribution in [-0.4, -0.2) is 120 Å². The van der Waals surface area contributed by atoms with E-state index in [9.17, 15) is 40.5 Å². The molecule has 0 saturated carbocycles. The fourth-order valence-electron chi connectivity index (χ4n) is 2.20. The van der Waals surface area contributed by atoms with Crippen LogP contribution in [0.5, 0.6) is 0 Å². The van der Waals surface area contributed by atoms with E-state index in [-0.39, 0.29) is 0 Å². The zero-order valence-corrected chi connectivity index (χ0v) is 12.0. The predicted octanol–water partition coefficient (Wildman–Crippen LogP) is -6.17. The highest BCUT2D eigenvalue weighted by Crippen LogP contribution is 2.23. The number of Topliss-reactive ketones (excluding diaryl/α,β-unsaturated/α-hetero) is 1. The molecule has 0 spiro atoms. The number of carbonyl (C=O) groups excluding carboxylic acids is 1. The molecule has 1 rings (SSSR count). The number of aliphatic hydroxyl groups is 9. The lowest BCUT2D eigenvalue weighted by Crippen LogP contribution is -2.63. The Labute approximate surface area is 130 Å². The van der Waals surface area contributed by atoms with Crippen molar-refractivity contribution in [2.75, 3.05) is 13.2 Å². The van der Waals surface area contributed by atoms with Gasteiger partial charge in [-0.3, -0.25) is 4.79 Å². The highest BCUT2D eigenvalue weighted by molar-refractivity contribution is 5.88. The highest BCUT2D eigenvalue weighted by atomic mass is 16.5. The van der Waals surface area contributed by atoms with Crippen molar-refractivity contribution in [1.82, 2.24) is 0 Å². The van der Waals surface area contributed by atoms with Gasteiger partial charge in [0.1, 0.15) is 54.9 Å². The van der Waals surface area contributed by atoms with E-state index in [4.69, 9.17) is 14.9 Å². The van der Waals surface area contributed by atoms with Crippen LogP contribution in [0.15, 0.2) is 0 Å². The summed E-state index contributed by atoms with van der Waals surface area (Å²) >= 11 is 0. The van der Waals surface area contributed by atoms with Crippen LogP contribution in [0.2, 0.25) is 0 Å². The van der Waals surface area contributed by atoms with E-state index < -0.39 is 73.9 Å². The zero-order valence-electron chi connectivity index (χ0n) is 12.0. The Kier molecular flexibility index (Phi) is 7.41. The van der Waals surface area contributed by atoms with Crippen molar-refractivity contribution >= 4 is 5.78 Å². The van der Waals surface area contributed by atoms with Gasteiger partial charge in [0.2, 0.25) is 0 Å². The van der Waals surface area contributed by atoms with Gasteiger partial charge in [0, 0.05) is 0 Å². The summed E-state index contributed by atoms with van der Waals surface area (Å²) in [6, 6.07) is 0. The molecule has 0 aromatic rings. The lowest BCUT2D eigenvalue weighted by Gasteiger charge is -2.40. The first kappa shape index (κ1) is 20.3. The second-order valence-corrected chi connectivity index (χ2v) is 5.33. The third kappa shape index (κ3) is 4.22. The van der Waals surface area contributed by atoms with Crippen molar-refractivity contribution in [1.29, 1.82) is 0 Å². The topological polar surface area (TPSA) is 208 Å². The standard InChI is InChI=1S/C12H22O11/c13-1-3(15)5(16)7(18)9(20)11(22)12-10(21)8(19)6(17)4(2-14)23-12/h3-10,12-21H,1-2H2/t3-,4-,5-,6-,7+,8+,9+,10+,12?/m1/s1. The Bertz CT molecular complexity index is 389. The lowest BCUT2D eigenvalue weighted by molar-refractivity contribution is -0.231. The highest BCUT2D eigenvalue weighted by Gasteiger charge is 2.49. The van der Waals surface area contributed by atoms with Crippen LogP contribution >= 0.6 is 0 Å². The molecule has 0 amide bonds. The lowest BCUT2D eigenvalue weighted by atomic mass is 9.89. The molecule has 0 bridgehead atoms. The van der Waals surface area contributed by atoms with E-state index in [1.54, 1.807) is 0 Å². The van der Waals surface area contributed by atoms with Crippen LogP contribution in [0.25, 0.3) is 0 Å². The summed E-state index contributed by atoms with van der Waals surface area (Å²) in [7, 11) is 0. The minimum absolute atomic E-state index is 0.792. The maximum atomic E-state index is 12.1. The van der Waals surface area contributed by atoms with E-state index in [2.05, 4.69) is 0 Å². The van der Waals surface area contributed by atoms with Gasteiger partial charge in [-0.05, 0) is 0 Å². The van der Waals surface area contributed by atoms with E-state index in [0.717, 1.165) is 0 Å². The van der Waals surface area contributed by atoms with E-state index in [1.165, 1.54) is 0 Å². The molecule has 1 fully saturated rings. The smallest absolute Gasteiger partial charge is 0.195 e. The summed E-state index contributed by atoms with van der Waals surface area (Å²) in [4.78, 5) is 12.1. The van der Waals surface area contributed by atoms with Crippen LogP contribution < -0.4 is 0 Å². The van der Waals surface area contributed by atoms with Crippen molar-refractivity contribution in [2.24, 2.45) is 0 Å². The molecule has 1 unspecified atom stereocenters. The fourth-order valence-corrected chi connectivity index (χ4v) is 2.20. The van der Waals surface area contributed by atoms with Gasteiger partial charge in [0.15, 0.2) is 5.78 Å². The normalized spacial score (nSPS) is 37.0. The molecule has 1 aliphatic rings. The maximum Gasteiger partial charge on any atom is 0.195 e. The van der Waals surface area contributed by atoms with Crippen molar-refractivity contribution in [3.05, 3.63) is 0 Å². The largest absolute Gasteiger partial charge is 0.394 e. The number of rotatable bonds is 7. The quantitative estimate of drug-likeness (QED) is 0.212. The van der Waals surface area contributed by atoms with E-state index in [0.29, 0.717) is 0 Å². The van der Waals surface area contributed by atoms with Crippen molar-refractivity contribution in [3.8, 4) is 0 Å². The number of hydrogen-bond acceptors (Lipinski definition) is 11. The molecule has 11 heteroatoms. The Hall–Kier alpha value is -0.730. The molecule has 9 atom stereocenters. The van der Waals surface area contributed by atoms with Gasteiger partial charge in [0.05, 0.1) is 13.2 Å². The monoisotopic (exact) mass is 342 g/mol. The molecule has 136 valence electrons. The minimum atomic E-state index is -2.33. The molecule has 9 N–H and O–H groups in total. The van der Waals surface area contributed by atoms with Crippen LogP contribution in [-0.2, 0) is 9.53 Å². The van der Waals surface area contributed by atoms with Gasteiger partial charge in [0.25, 0.3) is 0 Å². The van der Waals surface area contributed by atoms with Gasteiger partial charge < -0.3 is 50.7 Å². The molecule has 1 heterocycles.